The van der Waals surface area contributed by atoms with E-state index in [9.17, 15) is 4.79 Å². The van der Waals surface area contributed by atoms with E-state index in [2.05, 4.69) is 72.8 Å². The molecular weight excluding hydrogens is 597 g/mol. The minimum Gasteiger partial charge on any atom is -0.462 e. The second kappa shape index (κ2) is 20.3. The van der Waals surface area contributed by atoms with Crippen LogP contribution in [0.1, 0.15) is 203 Å². The summed E-state index contributed by atoms with van der Waals surface area (Å²) in [6.07, 6.45) is 39.9. The summed E-state index contributed by atoms with van der Waals surface area (Å²) < 4.78 is 6.18. The zero-order valence-corrected chi connectivity index (χ0v) is 33.8. The van der Waals surface area contributed by atoms with E-state index >= 15 is 0 Å². The van der Waals surface area contributed by atoms with Crippen molar-refractivity contribution in [2.24, 2.45) is 58.2 Å². The molecule has 10 atom stereocenters. The fraction of sp³-hybridized carbons (Fsp3) is 0.894. The summed E-state index contributed by atoms with van der Waals surface area (Å²) in [4.78, 5) is 12.9. The topological polar surface area (TPSA) is 26.3 Å². The van der Waals surface area contributed by atoms with Crippen molar-refractivity contribution in [2.75, 3.05) is 0 Å². The van der Waals surface area contributed by atoms with Crippen LogP contribution < -0.4 is 0 Å². The van der Waals surface area contributed by atoms with Crippen molar-refractivity contribution in [3.8, 4) is 0 Å². The SMILES string of the molecule is CCCCC/C=C\C/C=C\CCCCCCCC(=O)OC1CC[C@@]2(C)C(CC[C@H]3[C@@H]4CC[C@H]([C@H](C)CC[C@@H](CC)C(C)C)[C@@]4(C)CC[C@@H]32)C1. The number of esters is 1. The lowest BCUT2D eigenvalue weighted by molar-refractivity contribution is -0.162. The Morgan fingerprint density at radius 1 is 0.735 bits per heavy atom. The third-order valence-corrected chi connectivity index (χ3v) is 15.5. The van der Waals surface area contributed by atoms with Gasteiger partial charge in [-0.25, -0.2) is 0 Å². The largest absolute Gasteiger partial charge is 0.462 e. The van der Waals surface area contributed by atoms with E-state index in [1.54, 1.807) is 0 Å². The van der Waals surface area contributed by atoms with Crippen LogP contribution in [0.15, 0.2) is 24.3 Å². The van der Waals surface area contributed by atoms with Crippen molar-refractivity contribution in [1.29, 1.82) is 0 Å². The Balaban J connectivity index is 1.12. The molecule has 4 aliphatic carbocycles. The van der Waals surface area contributed by atoms with Crippen LogP contribution in [0, 0.1) is 58.2 Å². The van der Waals surface area contributed by atoms with E-state index in [0.29, 0.717) is 17.3 Å². The minimum atomic E-state index is 0.0752. The predicted octanol–water partition coefficient (Wildman–Crippen LogP) is 14.5. The lowest BCUT2D eigenvalue weighted by Gasteiger charge is -2.61. The van der Waals surface area contributed by atoms with E-state index in [-0.39, 0.29) is 12.1 Å². The normalized spacial score (nSPS) is 34.2. The van der Waals surface area contributed by atoms with Gasteiger partial charge in [0.1, 0.15) is 6.10 Å². The van der Waals surface area contributed by atoms with E-state index in [4.69, 9.17) is 4.74 Å². The van der Waals surface area contributed by atoms with Crippen molar-refractivity contribution in [3.05, 3.63) is 24.3 Å². The highest BCUT2D eigenvalue weighted by atomic mass is 16.5. The number of carbonyl (C=O) groups excluding carboxylic acids is 1. The molecule has 0 spiro atoms. The van der Waals surface area contributed by atoms with Crippen molar-refractivity contribution in [3.63, 3.8) is 0 Å². The quantitative estimate of drug-likeness (QED) is 0.0686. The molecular formula is C47H82O2. The number of unbranched alkanes of at least 4 members (excludes halogenated alkanes) is 8. The standard InChI is InChI=1S/C47H82O2/c1-8-10-11-12-13-14-15-16-17-18-19-20-21-22-23-24-45(48)49-40-31-33-46(6)39(35-40)27-28-41-43-30-29-42(47(43,7)34-32-44(41)46)37(5)25-26-38(9-2)36(3)4/h13-14,16-17,36-44H,8-12,15,18-35H2,1-7H3/b14-13-,17-16-/t37-,38-,39?,40?,41+,42-,43+,44+,46+,47-/m1/s1. The van der Waals surface area contributed by atoms with Gasteiger partial charge in [0.2, 0.25) is 0 Å². The van der Waals surface area contributed by atoms with Crippen LogP contribution in [0.3, 0.4) is 0 Å². The molecule has 4 rings (SSSR count). The van der Waals surface area contributed by atoms with E-state index in [1.807, 2.05) is 0 Å². The predicted molar refractivity (Wildman–Crippen MR) is 211 cm³/mol. The van der Waals surface area contributed by atoms with Gasteiger partial charge in [-0.05, 0) is 161 Å². The van der Waals surface area contributed by atoms with Gasteiger partial charge in [-0.1, -0.05) is 118 Å². The van der Waals surface area contributed by atoms with Gasteiger partial charge in [0.05, 0.1) is 0 Å². The number of ether oxygens (including phenoxy) is 1. The highest BCUT2D eigenvalue weighted by Crippen LogP contribution is 2.68. The fourth-order valence-electron chi connectivity index (χ4n) is 12.3. The van der Waals surface area contributed by atoms with Gasteiger partial charge in [0.15, 0.2) is 0 Å². The summed E-state index contributed by atoms with van der Waals surface area (Å²) in [6, 6.07) is 0. The van der Waals surface area contributed by atoms with Crippen LogP contribution in [0.5, 0.6) is 0 Å². The van der Waals surface area contributed by atoms with Gasteiger partial charge in [0, 0.05) is 6.42 Å². The highest BCUT2D eigenvalue weighted by molar-refractivity contribution is 5.69. The van der Waals surface area contributed by atoms with Gasteiger partial charge in [-0.3, -0.25) is 4.79 Å². The number of hydrogen-bond acceptors (Lipinski definition) is 2. The van der Waals surface area contributed by atoms with Crippen molar-refractivity contribution in [1.82, 2.24) is 0 Å². The van der Waals surface area contributed by atoms with Crippen LogP contribution in [0.25, 0.3) is 0 Å². The minimum absolute atomic E-state index is 0.0752. The third-order valence-electron chi connectivity index (χ3n) is 15.5. The van der Waals surface area contributed by atoms with Crippen LogP contribution in [0.2, 0.25) is 0 Å². The molecule has 0 aromatic rings. The molecule has 0 N–H and O–H groups in total. The van der Waals surface area contributed by atoms with Gasteiger partial charge < -0.3 is 4.74 Å². The number of hydrogen-bond donors (Lipinski definition) is 0. The number of fused-ring (bicyclic) bond motifs is 5. The van der Waals surface area contributed by atoms with Crippen LogP contribution in [-0.2, 0) is 9.53 Å². The number of rotatable bonds is 21. The molecule has 282 valence electrons. The Hall–Kier alpha value is -1.05. The highest BCUT2D eigenvalue weighted by Gasteiger charge is 2.60. The summed E-state index contributed by atoms with van der Waals surface area (Å²) in [5.74, 6) is 7.14. The Kier molecular flexibility index (Phi) is 16.8. The summed E-state index contributed by atoms with van der Waals surface area (Å²) >= 11 is 0. The van der Waals surface area contributed by atoms with Gasteiger partial charge in [-0.15, -0.1) is 0 Å². The molecule has 0 amide bonds. The van der Waals surface area contributed by atoms with E-state index in [1.165, 1.54) is 116 Å². The van der Waals surface area contributed by atoms with Gasteiger partial charge in [0.25, 0.3) is 0 Å². The zero-order valence-electron chi connectivity index (χ0n) is 33.8. The van der Waals surface area contributed by atoms with Gasteiger partial charge >= 0.3 is 5.97 Å². The van der Waals surface area contributed by atoms with Crippen molar-refractivity contribution < 1.29 is 9.53 Å². The molecule has 49 heavy (non-hydrogen) atoms. The first-order chi connectivity index (χ1) is 23.6. The maximum absolute atomic E-state index is 12.9. The molecule has 2 nitrogen and oxygen atoms in total. The molecule has 4 aliphatic rings. The molecule has 0 bridgehead atoms. The Morgan fingerprint density at radius 3 is 2.12 bits per heavy atom. The first-order valence-electron chi connectivity index (χ1n) is 22.1. The first kappa shape index (κ1) is 40.7. The van der Waals surface area contributed by atoms with Crippen LogP contribution in [-0.4, -0.2) is 12.1 Å². The molecule has 0 aromatic carbocycles. The maximum atomic E-state index is 12.9. The monoisotopic (exact) mass is 679 g/mol. The Labute approximate surface area is 305 Å². The fourth-order valence-corrected chi connectivity index (χ4v) is 12.3. The second-order valence-electron chi connectivity index (χ2n) is 18.7. The van der Waals surface area contributed by atoms with Gasteiger partial charge in [-0.2, -0.15) is 0 Å². The molecule has 4 fully saturated rings. The lowest BCUT2D eigenvalue weighted by atomic mass is 9.44. The third kappa shape index (κ3) is 11.0. The smallest absolute Gasteiger partial charge is 0.306 e. The zero-order chi connectivity index (χ0) is 35.3. The maximum Gasteiger partial charge on any atom is 0.306 e. The first-order valence-corrected chi connectivity index (χ1v) is 22.1. The summed E-state index contributed by atoms with van der Waals surface area (Å²) in [5, 5.41) is 0. The van der Waals surface area contributed by atoms with Crippen LogP contribution >= 0.6 is 0 Å². The molecule has 0 aliphatic heterocycles. The summed E-state index contributed by atoms with van der Waals surface area (Å²) in [6.45, 7) is 17.6. The number of allylic oxidation sites excluding steroid dienone is 4. The molecule has 0 saturated heterocycles. The molecule has 0 heterocycles. The lowest BCUT2D eigenvalue weighted by Crippen LogP contribution is -2.54. The second-order valence-corrected chi connectivity index (χ2v) is 18.7. The molecule has 4 saturated carbocycles. The molecule has 0 aromatic heterocycles. The molecule has 2 heteroatoms. The van der Waals surface area contributed by atoms with E-state index < -0.39 is 0 Å². The average molecular weight is 679 g/mol. The number of carbonyl (C=O) groups is 1. The van der Waals surface area contributed by atoms with Crippen molar-refractivity contribution in [2.45, 2.75) is 209 Å². The van der Waals surface area contributed by atoms with Crippen molar-refractivity contribution >= 4 is 5.97 Å². The Bertz CT molecular complexity index is 1010. The molecule has 0 radical (unpaired) electrons. The Morgan fingerprint density at radius 2 is 1.41 bits per heavy atom. The average Bonchev–Trinajstić information content (AvgIpc) is 3.44. The van der Waals surface area contributed by atoms with Crippen LogP contribution in [0.4, 0.5) is 0 Å². The van der Waals surface area contributed by atoms with E-state index in [0.717, 1.165) is 79.4 Å². The summed E-state index contributed by atoms with van der Waals surface area (Å²) in [5.41, 5.74) is 1.03. The molecule has 2 unspecified atom stereocenters. The summed E-state index contributed by atoms with van der Waals surface area (Å²) in [7, 11) is 0.